The molecule has 0 saturated carbocycles. The van der Waals surface area contributed by atoms with E-state index in [1.165, 1.54) is 0 Å². The Kier molecular flexibility index (Phi) is 2.37. The zero-order chi connectivity index (χ0) is 9.97. The van der Waals surface area contributed by atoms with Crippen molar-refractivity contribution in [2.24, 2.45) is 0 Å². The van der Waals surface area contributed by atoms with Gasteiger partial charge in [0.1, 0.15) is 5.75 Å². The molecule has 0 aliphatic rings. The zero-order valence-electron chi connectivity index (χ0n) is 7.25. The van der Waals surface area contributed by atoms with Crippen molar-refractivity contribution in [1.29, 1.82) is 0 Å². The van der Waals surface area contributed by atoms with Crippen LogP contribution >= 0.6 is 12.6 Å². The van der Waals surface area contributed by atoms with Crippen molar-refractivity contribution in [1.82, 2.24) is 9.97 Å². The average molecular weight is 204 g/mol. The maximum Gasteiger partial charge on any atom is 0.164 e. The number of phenolic OH excluding ortho intramolecular Hbond substituents is 1. The Morgan fingerprint density at radius 1 is 1.07 bits per heavy atom. The second-order valence-electron chi connectivity index (χ2n) is 2.74. The summed E-state index contributed by atoms with van der Waals surface area (Å²) in [5.41, 5.74) is 0.566. The molecule has 1 heterocycles. The molecule has 0 radical (unpaired) electrons. The summed E-state index contributed by atoms with van der Waals surface area (Å²) in [6, 6.07) is 6.83. The SMILES string of the molecule is Oc1cccc(S)c1-c1ncccn1. The van der Waals surface area contributed by atoms with Gasteiger partial charge in [-0.3, -0.25) is 0 Å². The first-order valence-corrected chi connectivity index (χ1v) is 4.52. The summed E-state index contributed by atoms with van der Waals surface area (Å²) < 4.78 is 0. The lowest BCUT2D eigenvalue weighted by Gasteiger charge is -2.04. The normalized spacial score (nSPS) is 10.1. The molecule has 0 atom stereocenters. The Morgan fingerprint density at radius 2 is 1.79 bits per heavy atom. The molecule has 0 bridgehead atoms. The van der Waals surface area contributed by atoms with Crippen molar-refractivity contribution < 1.29 is 5.11 Å². The third-order valence-electron chi connectivity index (χ3n) is 1.81. The van der Waals surface area contributed by atoms with Gasteiger partial charge >= 0.3 is 0 Å². The van der Waals surface area contributed by atoms with E-state index < -0.39 is 0 Å². The first-order valence-electron chi connectivity index (χ1n) is 4.07. The molecule has 14 heavy (non-hydrogen) atoms. The molecule has 0 amide bonds. The minimum absolute atomic E-state index is 0.142. The Hall–Kier alpha value is -1.55. The highest BCUT2D eigenvalue weighted by molar-refractivity contribution is 7.80. The lowest BCUT2D eigenvalue weighted by atomic mass is 10.2. The van der Waals surface area contributed by atoms with E-state index in [2.05, 4.69) is 22.6 Å². The summed E-state index contributed by atoms with van der Waals surface area (Å²) >= 11 is 4.24. The van der Waals surface area contributed by atoms with E-state index in [1.807, 2.05) is 0 Å². The second-order valence-corrected chi connectivity index (χ2v) is 3.23. The number of aromatic hydroxyl groups is 1. The van der Waals surface area contributed by atoms with E-state index in [9.17, 15) is 5.11 Å². The summed E-state index contributed by atoms with van der Waals surface area (Å²) in [4.78, 5) is 8.76. The molecule has 1 aromatic heterocycles. The minimum Gasteiger partial charge on any atom is -0.507 e. The first-order chi connectivity index (χ1) is 6.79. The topological polar surface area (TPSA) is 46.0 Å². The fourth-order valence-corrected chi connectivity index (χ4v) is 1.49. The Morgan fingerprint density at radius 3 is 2.43 bits per heavy atom. The van der Waals surface area contributed by atoms with Gasteiger partial charge in [0.15, 0.2) is 5.82 Å². The molecule has 2 rings (SSSR count). The summed E-state index contributed by atoms with van der Waals surface area (Å²) in [6.07, 6.45) is 3.25. The molecule has 1 N–H and O–H groups in total. The van der Waals surface area contributed by atoms with Gasteiger partial charge in [0.25, 0.3) is 0 Å². The summed E-state index contributed by atoms with van der Waals surface area (Å²) in [5, 5.41) is 9.62. The van der Waals surface area contributed by atoms with Gasteiger partial charge in [-0.15, -0.1) is 12.6 Å². The highest BCUT2D eigenvalue weighted by Crippen LogP contribution is 2.31. The molecule has 2 aromatic rings. The van der Waals surface area contributed by atoms with Crippen LogP contribution in [-0.4, -0.2) is 15.1 Å². The molecule has 1 aromatic carbocycles. The number of hydrogen-bond donors (Lipinski definition) is 2. The number of nitrogens with zero attached hydrogens (tertiary/aromatic N) is 2. The van der Waals surface area contributed by atoms with Crippen LogP contribution in [0, 0.1) is 0 Å². The van der Waals surface area contributed by atoms with E-state index in [-0.39, 0.29) is 5.75 Å². The quantitative estimate of drug-likeness (QED) is 0.699. The van der Waals surface area contributed by atoms with Gasteiger partial charge in [-0.25, -0.2) is 9.97 Å². The van der Waals surface area contributed by atoms with Gasteiger partial charge in [-0.05, 0) is 18.2 Å². The fraction of sp³-hybridized carbons (Fsp3) is 0. The Bertz CT molecular complexity index is 425. The Balaban J connectivity index is 2.63. The van der Waals surface area contributed by atoms with Crippen LogP contribution in [0.4, 0.5) is 0 Å². The molecule has 0 fully saturated rings. The largest absolute Gasteiger partial charge is 0.507 e. The lowest BCUT2D eigenvalue weighted by Crippen LogP contribution is -1.88. The Labute approximate surface area is 86.9 Å². The highest BCUT2D eigenvalue weighted by Gasteiger charge is 2.09. The van der Waals surface area contributed by atoms with Gasteiger partial charge in [0, 0.05) is 17.3 Å². The average Bonchev–Trinajstić information content (AvgIpc) is 2.19. The van der Waals surface area contributed by atoms with Gasteiger partial charge in [-0.1, -0.05) is 6.07 Å². The van der Waals surface area contributed by atoms with E-state index in [4.69, 9.17) is 0 Å². The van der Waals surface area contributed by atoms with Crippen LogP contribution in [0.3, 0.4) is 0 Å². The molecule has 70 valence electrons. The standard InChI is InChI=1S/C10H8N2OS/c13-7-3-1-4-8(14)9(7)10-11-5-2-6-12-10/h1-6,13-14H. The summed E-state index contributed by atoms with van der Waals surface area (Å²) in [5.74, 6) is 0.624. The minimum atomic E-state index is 0.142. The molecule has 0 spiro atoms. The molecular weight excluding hydrogens is 196 g/mol. The van der Waals surface area contributed by atoms with E-state index in [0.717, 1.165) is 0 Å². The number of hydrogen-bond acceptors (Lipinski definition) is 4. The highest BCUT2D eigenvalue weighted by atomic mass is 32.1. The number of rotatable bonds is 1. The van der Waals surface area contributed by atoms with Crippen LogP contribution in [0.5, 0.6) is 5.75 Å². The van der Waals surface area contributed by atoms with Crippen molar-refractivity contribution in [2.75, 3.05) is 0 Å². The molecule has 4 heteroatoms. The first kappa shape index (κ1) is 9.02. The maximum absolute atomic E-state index is 9.62. The summed E-state index contributed by atoms with van der Waals surface area (Å²) in [6.45, 7) is 0. The van der Waals surface area contributed by atoms with Crippen molar-refractivity contribution in [2.45, 2.75) is 4.90 Å². The van der Waals surface area contributed by atoms with Crippen LogP contribution in [0.2, 0.25) is 0 Å². The third-order valence-corrected chi connectivity index (χ3v) is 2.18. The van der Waals surface area contributed by atoms with Gasteiger partial charge in [0.2, 0.25) is 0 Å². The van der Waals surface area contributed by atoms with E-state index >= 15 is 0 Å². The van der Waals surface area contributed by atoms with Crippen molar-refractivity contribution in [3.8, 4) is 17.1 Å². The molecule has 3 nitrogen and oxygen atoms in total. The van der Waals surface area contributed by atoms with Crippen LogP contribution in [0.25, 0.3) is 11.4 Å². The number of thiol groups is 1. The summed E-state index contributed by atoms with van der Waals surface area (Å²) in [7, 11) is 0. The zero-order valence-corrected chi connectivity index (χ0v) is 8.15. The fourth-order valence-electron chi connectivity index (χ4n) is 1.19. The van der Waals surface area contributed by atoms with Gasteiger partial charge < -0.3 is 5.11 Å². The molecule has 0 saturated heterocycles. The van der Waals surface area contributed by atoms with Gasteiger partial charge in [0.05, 0.1) is 5.56 Å². The third kappa shape index (κ3) is 1.56. The van der Waals surface area contributed by atoms with Crippen molar-refractivity contribution in [3.05, 3.63) is 36.7 Å². The lowest BCUT2D eigenvalue weighted by molar-refractivity contribution is 0.475. The van der Waals surface area contributed by atoms with Crippen LogP contribution in [0.15, 0.2) is 41.6 Å². The predicted molar refractivity (Wildman–Crippen MR) is 56.4 cm³/mol. The second kappa shape index (κ2) is 3.67. The molecule has 0 aliphatic heterocycles. The maximum atomic E-state index is 9.62. The monoisotopic (exact) mass is 204 g/mol. The van der Waals surface area contributed by atoms with Crippen LogP contribution in [-0.2, 0) is 0 Å². The molecule has 0 aliphatic carbocycles. The molecule has 0 unspecified atom stereocenters. The van der Waals surface area contributed by atoms with Crippen LogP contribution in [0.1, 0.15) is 0 Å². The number of benzene rings is 1. The number of aromatic nitrogens is 2. The van der Waals surface area contributed by atoms with Crippen molar-refractivity contribution >= 4 is 12.6 Å². The number of phenols is 1. The van der Waals surface area contributed by atoms with Crippen LogP contribution < -0.4 is 0 Å². The van der Waals surface area contributed by atoms with Crippen molar-refractivity contribution in [3.63, 3.8) is 0 Å². The van der Waals surface area contributed by atoms with E-state index in [1.54, 1.807) is 36.7 Å². The smallest absolute Gasteiger partial charge is 0.164 e. The van der Waals surface area contributed by atoms with E-state index in [0.29, 0.717) is 16.3 Å². The predicted octanol–water partition coefficient (Wildman–Crippen LogP) is 2.14. The van der Waals surface area contributed by atoms with Gasteiger partial charge in [-0.2, -0.15) is 0 Å². The molecular formula is C10H8N2OS.